The molecular weight excluding hydrogens is 284 g/mol. The van der Waals surface area contributed by atoms with Crippen LogP contribution >= 0.6 is 12.4 Å². The van der Waals surface area contributed by atoms with Crippen LogP contribution in [0.15, 0.2) is 0 Å². The molecule has 0 radical (unpaired) electrons. The topological polar surface area (TPSA) is 46.3 Å². The lowest BCUT2D eigenvalue weighted by Gasteiger charge is -2.30. The molecule has 21 heavy (non-hydrogen) atoms. The van der Waals surface area contributed by atoms with Gasteiger partial charge in [0.25, 0.3) is 0 Å². The Hall–Kier alpha value is -0.280. The number of amides is 1. The minimum absolute atomic E-state index is 0. The molecule has 0 heterocycles. The maximum Gasteiger partial charge on any atom is 0.222 e. The zero-order chi connectivity index (χ0) is 14.2. The van der Waals surface area contributed by atoms with Crippen LogP contribution in [0.5, 0.6) is 0 Å². The summed E-state index contributed by atoms with van der Waals surface area (Å²) in [6.45, 7) is 1.83. The van der Waals surface area contributed by atoms with E-state index in [0.29, 0.717) is 11.9 Å². The predicted octanol–water partition coefficient (Wildman–Crippen LogP) is 3.89. The predicted molar refractivity (Wildman–Crippen MR) is 90.7 cm³/mol. The fourth-order valence-corrected chi connectivity index (χ4v) is 3.41. The molecule has 3 nitrogen and oxygen atoms in total. The highest BCUT2D eigenvalue weighted by Gasteiger charge is 2.33. The second-order valence-corrected chi connectivity index (χ2v) is 6.73. The first kappa shape index (κ1) is 18.8. The molecule has 0 aromatic carbocycles. The summed E-state index contributed by atoms with van der Waals surface area (Å²) in [5.74, 6) is 1.20. The van der Waals surface area contributed by atoms with Gasteiger partial charge < -0.3 is 10.6 Å². The molecule has 0 unspecified atom stereocenters. The minimum atomic E-state index is 0. The van der Waals surface area contributed by atoms with Crippen molar-refractivity contribution in [3.63, 3.8) is 0 Å². The van der Waals surface area contributed by atoms with Gasteiger partial charge in [0.2, 0.25) is 5.91 Å². The van der Waals surface area contributed by atoms with Crippen molar-refractivity contribution < 1.29 is 4.79 Å². The van der Waals surface area contributed by atoms with Gasteiger partial charge in [0.1, 0.15) is 0 Å². The summed E-state index contributed by atoms with van der Waals surface area (Å²) >= 11 is 0. The Morgan fingerprint density at radius 1 is 0.952 bits per heavy atom. The van der Waals surface area contributed by atoms with Gasteiger partial charge in [-0.25, -0.2) is 0 Å². The number of carbonyl (C=O) groups excluding carboxylic acids is 1. The molecular formula is C17H33ClN2O. The highest BCUT2D eigenvalue weighted by atomic mass is 35.5. The van der Waals surface area contributed by atoms with E-state index in [1.54, 1.807) is 0 Å². The fourth-order valence-electron chi connectivity index (χ4n) is 3.41. The van der Waals surface area contributed by atoms with E-state index in [1.807, 2.05) is 0 Å². The Bertz CT molecular complexity index is 289. The largest absolute Gasteiger partial charge is 0.339 e. The number of hydrogen-bond donors (Lipinski definition) is 1. The maximum atomic E-state index is 12.4. The summed E-state index contributed by atoms with van der Waals surface area (Å²) in [7, 11) is 0. The molecule has 1 amide bonds. The Kier molecular flexibility index (Phi) is 9.34. The van der Waals surface area contributed by atoms with E-state index in [1.165, 1.54) is 51.4 Å². The normalized spacial score (nSPS) is 19.1. The third-order valence-corrected chi connectivity index (χ3v) is 4.83. The Balaban J connectivity index is 0.00000220. The molecule has 2 fully saturated rings. The lowest BCUT2D eigenvalue weighted by Crippen LogP contribution is -2.37. The number of carbonyl (C=O) groups is 1. The van der Waals surface area contributed by atoms with Crippen LogP contribution in [0.2, 0.25) is 0 Å². The Morgan fingerprint density at radius 2 is 1.62 bits per heavy atom. The smallest absolute Gasteiger partial charge is 0.222 e. The first-order chi connectivity index (χ1) is 9.81. The number of halogens is 1. The van der Waals surface area contributed by atoms with Gasteiger partial charge in [-0.1, -0.05) is 32.1 Å². The van der Waals surface area contributed by atoms with Gasteiger partial charge in [-0.3, -0.25) is 4.79 Å². The standard InChI is InChI=1S/C17H32N2O.ClH/c18-13-7-2-1-6-10-17(20)19(16-11-12-16)14-15-8-4-3-5-9-15;/h15-16H,1-14,18H2;1H. The molecule has 2 aliphatic carbocycles. The van der Waals surface area contributed by atoms with E-state index >= 15 is 0 Å². The minimum Gasteiger partial charge on any atom is -0.339 e. The summed E-state index contributed by atoms with van der Waals surface area (Å²) in [5, 5.41) is 0. The van der Waals surface area contributed by atoms with Crippen LogP contribution in [0.1, 0.15) is 77.0 Å². The average molecular weight is 317 g/mol. The van der Waals surface area contributed by atoms with Crippen molar-refractivity contribution in [3.05, 3.63) is 0 Å². The first-order valence-corrected chi connectivity index (χ1v) is 8.81. The van der Waals surface area contributed by atoms with Crippen molar-refractivity contribution in [2.24, 2.45) is 11.7 Å². The molecule has 0 aromatic heterocycles. The molecule has 2 aliphatic rings. The summed E-state index contributed by atoms with van der Waals surface area (Å²) in [6, 6.07) is 0.591. The van der Waals surface area contributed by atoms with Gasteiger partial charge in [0.15, 0.2) is 0 Å². The molecule has 4 heteroatoms. The second kappa shape index (κ2) is 10.4. The molecule has 0 saturated heterocycles. The summed E-state index contributed by atoms with van der Waals surface area (Å²) in [4.78, 5) is 14.7. The second-order valence-electron chi connectivity index (χ2n) is 6.73. The van der Waals surface area contributed by atoms with Crippen LogP contribution in [0.4, 0.5) is 0 Å². The molecule has 0 spiro atoms. The highest BCUT2D eigenvalue weighted by Crippen LogP contribution is 2.32. The number of hydrogen-bond acceptors (Lipinski definition) is 2. The van der Waals surface area contributed by atoms with Crippen LogP contribution in [0, 0.1) is 5.92 Å². The van der Waals surface area contributed by atoms with E-state index in [2.05, 4.69) is 4.90 Å². The van der Waals surface area contributed by atoms with Gasteiger partial charge in [0, 0.05) is 19.0 Å². The SMILES string of the molecule is Cl.NCCCCCCC(=O)N(CC1CCCCC1)C1CC1. The van der Waals surface area contributed by atoms with E-state index < -0.39 is 0 Å². The molecule has 124 valence electrons. The van der Waals surface area contributed by atoms with E-state index in [9.17, 15) is 4.79 Å². The van der Waals surface area contributed by atoms with E-state index in [0.717, 1.165) is 44.7 Å². The van der Waals surface area contributed by atoms with Crippen molar-refractivity contribution in [2.45, 2.75) is 83.1 Å². The molecule has 0 aromatic rings. The van der Waals surface area contributed by atoms with E-state index in [4.69, 9.17) is 5.73 Å². The quantitative estimate of drug-likeness (QED) is 0.656. The van der Waals surface area contributed by atoms with Gasteiger partial charge in [-0.05, 0) is 51.0 Å². The lowest BCUT2D eigenvalue weighted by atomic mass is 9.89. The molecule has 0 bridgehead atoms. The van der Waals surface area contributed by atoms with Crippen LogP contribution in [-0.2, 0) is 4.79 Å². The average Bonchev–Trinajstić information content (AvgIpc) is 3.30. The third kappa shape index (κ3) is 7.01. The summed E-state index contributed by atoms with van der Waals surface area (Å²) in [6.07, 6.45) is 14.5. The molecule has 0 atom stereocenters. The summed E-state index contributed by atoms with van der Waals surface area (Å²) in [5.41, 5.74) is 5.50. The Morgan fingerprint density at radius 3 is 2.24 bits per heavy atom. The lowest BCUT2D eigenvalue weighted by molar-refractivity contribution is -0.132. The monoisotopic (exact) mass is 316 g/mol. The van der Waals surface area contributed by atoms with Crippen LogP contribution in [0.3, 0.4) is 0 Å². The van der Waals surface area contributed by atoms with Crippen LogP contribution in [-0.4, -0.2) is 29.9 Å². The zero-order valence-corrected chi connectivity index (χ0v) is 14.2. The fraction of sp³-hybridized carbons (Fsp3) is 0.941. The van der Waals surface area contributed by atoms with Gasteiger partial charge in [0.05, 0.1) is 0 Å². The molecule has 2 saturated carbocycles. The van der Waals surface area contributed by atoms with Crippen LogP contribution in [0.25, 0.3) is 0 Å². The molecule has 2 rings (SSSR count). The number of unbranched alkanes of at least 4 members (excludes halogenated alkanes) is 3. The van der Waals surface area contributed by atoms with Crippen molar-refractivity contribution in [1.29, 1.82) is 0 Å². The summed E-state index contributed by atoms with van der Waals surface area (Å²) < 4.78 is 0. The first-order valence-electron chi connectivity index (χ1n) is 8.81. The number of nitrogens with two attached hydrogens (primary N) is 1. The van der Waals surface area contributed by atoms with Gasteiger partial charge in [-0.15, -0.1) is 12.4 Å². The third-order valence-electron chi connectivity index (χ3n) is 4.83. The molecule has 2 N–H and O–H groups in total. The Labute approximate surface area is 136 Å². The number of rotatable bonds is 9. The van der Waals surface area contributed by atoms with Gasteiger partial charge >= 0.3 is 0 Å². The van der Waals surface area contributed by atoms with E-state index in [-0.39, 0.29) is 12.4 Å². The highest BCUT2D eigenvalue weighted by molar-refractivity contribution is 5.85. The van der Waals surface area contributed by atoms with Crippen molar-refractivity contribution in [1.82, 2.24) is 4.90 Å². The zero-order valence-electron chi connectivity index (χ0n) is 13.4. The van der Waals surface area contributed by atoms with Crippen molar-refractivity contribution in [2.75, 3.05) is 13.1 Å². The van der Waals surface area contributed by atoms with Crippen molar-refractivity contribution in [3.8, 4) is 0 Å². The molecule has 0 aliphatic heterocycles. The maximum absolute atomic E-state index is 12.4. The van der Waals surface area contributed by atoms with Crippen LogP contribution < -0.4 is 5.73 Å². The van der Waals surface area contributed by atoms with Gasteiger partial charge in [-0.2, -0.15) is 0 Å². The number of nitrogens with zero attached hydrogens (tertiary/aromatic N) is 1. The van der Waals surface area contributed by atoms with Crippen molar-refractivity contribution >= 4 is 18.3 Å².